The van der Waals surface area contributed by atoms with Crippen LogP contribution in [0.2, 0.25) is 0 Å². The molecule has 4 nitrogen and oxygen atoms in total. The highest BCUT2D eigenvalue weighted by atomic mass is 35.5. The smallest absolute Gasteiger partial charge is 0.137 e. The quantitative estimate of drug-likeness (QED) is 0.849. The number of para-hydroxylation sites is 1. The Morgan fingerprint density at radius 2 is 2.08 bits per heavy atom. The first kappa shape index (κ1) is 18.1. The Bertz CT molecular complexity index is 720. The average Bonchev–Trinajstić information content (AvgIpc) is 2.60. The summed E-state index contributed by atoms with van der Waals surface area (Å²) in [5.41, 5.74) is 1.35. The molecule has 1 heterocycles. The lowest BCUT2D eigenvalue weighted by Gasteiger charge is -2.34. The van der Waals surface area contributed by atoms with Crippen LogP contribution in [0.5, 0.6) is 5.75 Å². The minimum absolute atomic E-state index is 0. The van der Waals surface area contributed by atoms with Crippen molar-refractivity contribution in [1.29, 1.82) is 5.26 Å². The number of halogens is 2. The maximum atomic E-state index is 13.4. The Balaban J connectivity index is 0.00000208. The summed E-state index contributed by atoms with van der Waals surface area (Å²) < 4.78 is 24.8. The maximum absolute atomic E-state index is 13.4. The van der Waals surface area contributed by atoms with E-state index in [1.165, 1.54) is 12.1 Å². The third kappa shape index (κ3) is 4.38. The van der Waals surface area contributed by atoms with E-state index in [-0.39, 0.29) is 24.3 Å². The molecule has 1 aliphatic heterocycles. The van der Waals surface area contributed by atoms with Gasteiger partial charge in [-0.25, -0.2) is 4.39 Å². The van der Waals surface area contributed by atoms with Gasteiger partial charge in [0.25, 0.3) is 0 Å². The lowest BCUT2D eigenvalue weighted by molar-refractivity contribution is 0.0102. The molecule has 126 valence electrons. The van der Waals surface area contributed by atoms with Crippen molar-refractivity contribution in [3.8, 4) is 11.8 Å². The average molecular weight is 349 g/mol. The second-order valence-corrected chi connectivity index (χ2v) is 5.34. The molecule has 0 N–H and O–H groups in total. The van der Waals surface area contributed by atoms with Crippen LogP contribution in [-0.4, -0.2) is 32.4 Å². The van der Waals surface area contributed by atoms with Crippen molar-refractivity contribution < 1.29 is 13.9 Å². The summed E-state index contributed by atoms with van der Waals surface area (Å²) in [6.07, 6.45) is -0.126. The van der Waals surface area contributed by atoms with E-state index in [2.05, 4.69) is 11.0 Å². The number of ether oxygens (including phenoxy) is 2. The third-order valence-electron chi connectivity index (χ3n) is 3.74. The van der Waals surface area contributed by atoms with Gasteiger partial charge < -0.3 is 14.4 Å². The van der Waals surface area contributed by atoms with Gasteiger partial charge in [0.15, 0.2) is 0 Å². The first-order valence-electron chi connectivity index (χ1n) is 7.50. The second-order valence-electron chi connectivity index (χ2n) is 5.34. The molecule has 6 heteroatoms. The molecule has 0 saturated carbocycles. The maximum Gasteiger partial charge on any atom is 0.137 e. The molecule has 0 aliphatic carbocycles. The molecule has 2 aromatic rings. The predicted octanol–water partition coefficient (Wildman–Crippen LogP) is 3.40. The summed E-state index contributed by atoms with van der Waals surface area (Å²) >= 11 is 0. The molecule has 1 aliphatic rings. The van der Waals surface area contributed by atoms with Crippen LogP contribution < -0.4 is 9.64 Å². The fourth-order valence-electron chi connectivity index (χ4n) is 2.60. The molecule has 3 rings (SSSR count). The van der Waals surface area contributed by atoms with Gasteiger partial charge in [0.1, 0.15) is 30.3 Å². The Morgan fingerprint density at radius 3 is 2.88 bits per heavy atom. The summed E-state index contributed by atoms with van der Waals surface area (Å²) in [7, 11) is 0. The molecule has 0 aromatic heterocycles. The van der Waals surface area contributed by atoms with Crippen LogP contribution >= 0.6 is 12.4 Å². The first-order chi connectivity index (χ1) is 11.3. The van der Waals surface area contributed by atoms with Crippen LogP contribution in [0.1, 0.15) is 5.56 Å². The molecule has 2 aromatic carbocycles. The van der Waals surface area contributed by atoms with Crippen molar-refractivity contribution in [3.05, 3.63) is 59.9 Å². The normalized spacial score (nSPS) is 16.8. The number of hydrogen-bond acceptors (Lipinski definition) is 4. The number of anilines is 1. The van der Waals surface area contributed by atoms with E-state index in [4.69, 9.17) is 14.7 Å². The summed E-state index contributed by atoms with van der Waals surface area (Å²) in [4.78, 5) is 2.08. The number of rotatable bonds is 4. The number of nitriles is 1. The summed E-state index contributed by atoms with van der Waals surface area (Å²) in [6.45, 7) is 2.25. The topological polar surface area (TPSA) is 45.5 Å². The van der Waals surface area contributed by atoms with E-state index in [9.17, 15) is 4.39 Å². The van der Waals surface area contributed by atoms with Crippen LogP contribution in [0.3, 0.4) is 0 Å². The van der Waals surface area contributed by atoms with Crippen molar-refractivity contribution in [1.82, 2.24) is 0 Å². The molecule has 24 heavy (non-hydrogen) atoms. The van der Waals surface area contributed by atoms with Gasteiger partial charge in [-0.3, -0.25) is 0 Å². The predicted molar refractivity (Wildman–Crippen MR) is 92.3 cm³/mol. The molecule has 1 atom stereocenters. The zero-order chi connectivity index (χ0) is 16.1. The van der Waals surface area contributed by atoms with Gasteiger partial charge in [0.05, 0.1) is 12.2 Å². The van der Waals surface area contributed by atoms with Gasteiger partial charge in [-0.2, -0.15) is 5.26 Å². The molecule has 0 amide bonds. The van der Waals surface area contributed by atoms with E-state index < -0.39 is 0 Å². The van der Waals surface area contributed by atoms with E-state index >= 15 is 0 Å². The fraction of sp³-hybridized carbons (Fsp3) is 0.278. The highest BCUT2D eigenvalue weighted by molar-refractivity contribution is 5.85. The Hall–Kier alpha value is -2.29. The highest BCUT2D eigenvalue weighted by Crippen LogP contribution is 2.21. The largest absolute Gasteiger partial charge is 0.489 e. The van der Waals surface area contributed by atoms with Crippen LogP contribution in [0.4, 0.5) is 10.1 Å². The van der Waals surface area contributed by atoms with E-state index in [0.717, 1.165) is 5.69 Å². The van der Waals surface area contributed by atoms with Crippen molar-refractivity contribution in [2.24, 2.45) is 0 Å². The van der Waals surface area contributed by atoms with E-state index in [1.807, 2.05) is 12.1 Å². The Labute approximate surface area is 146 Å². The zero-order valence-electron chi connectivity index (χ0n) is 13.0. The third-order valence-corrected chi connectivity index (χ3v) is 3.74. The van der Waals surface area contributed by atoms with Crippen molar-refractivity contribution in [3.63, 3.8) is 0 Å². The van der Waals surface area contributed by atoms with Crippen molar-refractivity contribution >= 4 is 18.1 Å². The zero-order valence-corrected chi connectivity index (χ0v) is 13.8. The molecule has 0 unspecified atom stereocenters. The van der Waals surface area contributed by atoms with E-state index in [1.54, 1.807) is 24.3 Å². The van der Waals surface area contributed by atoms with Gasteiger partial charge in [-0.1, -0.05) is 18.2 Å². The first-order valence-corrected chi connectivity index (χ1v) is 7.50. The number of benzene rings is 2. The SMILES string of the molecule is Cl.N#Cc1ccccc1OC[C@@H]1CN(c2cccc(F)c2)CCO1. The standard InChI is InChI=1S/C18H17FN2O2.ClH/c19-15-5-3-6-16(10-15)21-8-9-22-17(12-21)13-23-18-7-2-1-4-14(18)11-20;/h1-7,10,17H,8-9,12-13H2;1H/t17-;/m0./s1. The van der Waals surface area contributed by atoms with Gasteiger partial charge in [0.2, 0.25) is 0 Å². The molecular formula is C18H18ClFN2O2. The number of nitrogens with zero attached hydrogens (tertiary/aromatic N) is 2. The van der Waals surface area contributed by atoms with Crippen LogP contribution in [0.25, 0.3) is 0 Å². The molecule has 0 spiro atoms. The number of morpholine rings is 1. The van der Waals surface area contributed by atoms with Crippen molar-refractivity contribution in [2.75, 3.05) is 31.2 Å². The lowest BCUT2D eigenvalue weighted by Crippen LogP contribution is -2.45. The molecule has 1 fully saturated rings. The lowest BCUT2D eigenvalue weighted by atomic mass is 10.2. The molecule has 1 saturated heterocycles. The monoisotopic (exact) mass is 348 g/mol. The van der Waals surface area contributed by atoms with Gasteiger partial charge in [-0.15, -0.1) is 12.4 Å². The molecule has 0 radical (unpaired) electrons. The van der Waals surface area contributed by atoms with E-state index in [0.29, 0.717) is 37.6 Å². The Morgan fingerprint density at radius 1 is 1.25 bits per heavy atom. The highest BCUT2D eigenvalue weighted by Gasteiger charge is 2.22. The van der Waals surface area contributed by atoms with Gasteiger partial charge in [-0.05, 0) is 30.3 Å². The summed E-state index contributed by atoms with van der Waals surface area (Å²) in [5, 5.41) is 9.07. The van der Waals surface area contributed by atoms with Gasteiger partial charge in [0, 0.05) is 18.8 Å². The summed E-state index contributed by atoms with van der Waals surface area (Å²) in [5.74, 6) is 0.311. The second kappa shape index (κ2) is 8.53. The molecular weight excluding hydrogens is 331 g/mol. The van der Waals surface area contributed by atoms with Crippen LogP contribution in [0, 0.1) is 17.1 Å². The fourth-order valence-corrected chi connectivity index (χ4v) is 2.60. The minimum atomic E-state index is -0.246. The van der Waals surface area contributed by atoms with Crippen molar-refractivity contribution in [2.45, 2.75) is 6.10 Å². The molecule has 0 bridgehead atoms. The van der Waals surface area contributed by atoms with Crippen LogP contribution in [0.15, 0.2) is 48.5 Å². The van der Waals surface area contributed by atoms with Gasteiger partial charge >= 0.3 is 0 Å². The minimum Gasteiger partial charge on any atom is -0.489 e. The van der Waals surface area contributed by atoms with Crippen LogP contribution in [-0.2, 0) is 4.74 Å². The Kier molecular flexibility index (Phi) is 6.42. The number of hydrogen-bond donors (Lipinski definition) is 0. The summed E-state index contributed by atoms with van der Waals surface area (Å²) in [6, 6.07) is 15.8.